The number of methoxy groups -OCH3 is 1. The van der Waals surface area contributed by atoms with Gasteiger partial charge in [-0.05, 0) is 75.9 Å². The van der Waals surface area contributed by atoms with Gasteiger partial charge in [-0.2, -0.15) is 0 Å². The number of fused-ring (bicyclic) bond motifs is 1. The molecule has 0 fully saturated rings. The van der Waals surface area contributed by atoms with E-state index >= 15 is 0 Å². The van der Waals surface area contributed by atoms with E-state index < -0.39 is 6.09 Å². The van der Waals surface area contributed by atoms with E-state index in [4.69, 9.17) is 21.1 Å². The van der Waals surface area contributed by atoms with Crippen LogP contribution >= 0.6 is 11.6 Å². The molecule has 0 saturated heterocycles. The quantitative estimate of drug-likeness (QED) is 0.463. The highest BCUT2D eigenvalue weighted by molar-refractivity contribution is 6.32. The van der Waals surface area contributed by atoms with Crippen LogP contribution in [0.15, 0.2) is 35.1 Å². The summed E-state index contributed by atoms with van der Waals surface area (Å²) in [5.74, 6) is 1.06. The average Bonchev–Trinajstić information content (AvgIpc) is 2.75. The zero-order valence-electron chi connectivity index (χ0n) is 20.3. The molecule has 0 saturated carbocycles. The summed E-state index contributed by atoms with van der Waals surface area (Å²) < 4.78 is 11.5. The van der Waals surface area contributed by atoms with Crippen molar-refractivity contribution in [3.8, 4) is 22.6 Å². The third-order valence-corrected chi connectivity index (χ3v) is 6.11. The van der Waals surface area contributed by atoms with Gasteiger partial charge in [0, 0.05) is 23.0 Å². The molecule has 33 heavy (non-hydrogen) atoms. The lowest BCUT2D eigenvalue weighted by Gasteiger charge is -2.34. The van der Waals surface area contributed by atoms with Crippen LogP contribution in [0.4, 0.5) is 4.79 Å². The van der Waals surface area contributed by atoms with Crippen molar-refractivity contribution in [2.45, 2.75) is 53.5 Å². The molecule has 0 unspecified atom stereocenters. The number of nitrogens with one attached hydrogen (secondary N) is 1. The van der Waals surface area contributed by atoms with Crippen LogP contribution in [0.5, 0.6) is 11.5 Å². The van der Waals surface area contributed by atoms with Gasteiger partial charge in [-0.25, -0.2) is 4.79 Å². The largest absolute Gasteiger partial charge is 0.496 e. The van der Waals surface area contributed by atoms with E-state index in [0.717, 1.165) is 28.5 Å². The third-order valence-electron chi connectivity index (χ3n) is 5.66. The van der Waals surface area contributed by atoms with E-state index in [2.05, 4.69) is 4.98 Å². The van der Waals surface area contributed by atoms with Gasteiger partial charge in [0.15, 0.2) is 0 Å². The molecule has 0 aliphatic carbocycles. The van der Waals surface area contributed by atoms with Crippen molar-refractivity contribution in [1.82, 2.24) is 9.88 Å². The van der Waals surface area contributed by atoms with E-state index in [-0.39, 0.29) is 16.1 Å². The lowest BCUT2D eigenvalue weighted by Crippen LogP contribution is -2.47. The van der Waals surface area contributed by atoms with Gasteiger partial charge in [0.25, 0.3) is 5.56 Å². The molecular weight excluding hydrogens is 440 g/mol. The number of hydrogen-bond acceptors (Lipinski definition) is 4. The number of pyridine rings is 1. The summed E-state index contributed by atoms with van der Waals surface area (Å²) in [5.41, 5.74) is 3.09. The zero-order valence-corrected chi connectivity index (χ0v) is 21.0. The van der Waals surface area contributed by atoms with Crippen molar-refractivity contribution in [1.29, 1.82) is 0 Å². The van der Waals surface area contributed by atoms with Gasteiger partial charge in [0.1, 0.15) is 16.5 Å². The lowest BCUT2D eigenvalue weighted by molar-refractivity contribution is 0.107. The minimum atomic E-state index is -0.397. The van der Waals surface area contributed by atoms with Gasteiger partial charge < -0.3 is 19.4 Å². The van der Waals surface area contributed by atoms with Crippen molar-refractivity contribution in [2.24, 2.45) is 0 Å². The first-order valence-electron chi connectivity index (χ1n) is 11.0. The second-order valence-corrected chi connectivity index (χ2v) is 9.51. The maximum Gasteiger partial charge on any atom is 0.415 e. The summed E-state index contributed by atoms with van der Waals surface area (Å²) in [7, 11) is 1.60. The lowest BCUT2D eigenvalue weighted by atomic mass is 9.94. The summed E-state index contributed by atoms with van der Waals surface area (Å²) >= 11 is 6.31. The number of hydrogen-bond donors (Lipinski definition) is 1. The Hall–Kier alpha value is -2.99. The standard InChI is InChI=1S/C26H31ClN2O4/c1-8-12-29(26(4,5)6)25(31)33-18-11-9-10-17(14-18)21-19(32-7)13-15(2)23-20(21)16(3)22(27)24(30)28-23/h9-11,13-14H,8,12H2,1-7H3,(H,28,30). The molecule has 7 heteroatoms. The molecule has 0 spiro atoms. The average molecular weight is 471 g/mol. The topological polar surface area (TPSA) is 71.6 Å². The molecule has 2 aromatic carbocycles. The minimum absolute atomic E-state index is 0.138. The molecule has 0 aliphatic rings. The molecule has 0 radical (unpaired) electrons. The number of benzene rings is 2. The van der Waals surface area contributed by atoms with Crippen molar-refractivity contribution in [3.05, 3.63) is 56.8 Å². The number of rotatable bonds is 5. The zero-order chi connectivity index (χ0) is 24.5. The number of amides is 1. The number of carbonyl (C=O) groups is 1. The summed E-state index contributed by atoms with van der Waals surface area (Å²) in [4.78, 5) is 29.8. The fraction of sp³-hybridized carbons (Fsp3) is 0.385. The predicted molar refractivity (Wildman–Crippen MR) is 134 cm³/mol. The van der Waals surface area contributed by atoms with Crippen LogP contribution in [0.3, 0.4) is 0 Å². The Kier molecular flexibility index (Phi) is 7.08. The molecule has 0 bridgehead atoms. The monoisotopic (exact) mass is 470 g/mol. The number of aromatic nitrogens is 1. The molecule has 1 amide bonds. The Morgan fingerprint density at radius 1 is 1.18 bits per heavy atom. The Bertz CT molecular complexity index is 1260. The van der Waals surface area contributed by atoms with E-state index in [1.165, 1.54) is 0 Å². The molecule has 1 heterocycles. The van der Waals surface area contributed by atoms with E-state index in [0.29, 0.717) is 29.1 Å². The first kappa shape index (κ1) is 24.6. The highest BCUT2D eigenvalue weighted by Gasteiger charge is 2.27. The fourth-order valence-electron chi connectivity index (χ4n) is 4.01. The molecular formula is C26H31ClN2O4. The normalized spacial score (nSPS) is 11.5. The second-order valence-electron chi connectivity index (χ2n) is 9.13. The van der Waals surface area contributed by atoms with Crippen molar-refractivity contribution in [2.75, 3.05) is 13.7 Å². The van der Waals surface area contributed by atoms with Crippen molar-refractivity contribution in [3.63, 3.8) is 0 Å². The maximum absolute atomic E-state index is 12.9. The maximum atomic E-state index is 12.9. The minimum Gasteiger partial charge on any atom is -0.496 e. The predicted octanol–water partition coefficient (Wildman–Crippen LogP) is 6.48. The highest BCUT2D eigenvalue weighted by Crippen LogP contribution is 2.41. The van der Waals surface area contributed by atoms with E-state index in [9.17, 15) is 9.59 Å². The second kappa shape index (κ2) is 9.48. The number of nitrogens with zero attached hydrogens (tertiary/aromatic N) is 1. The number of aryl methyl sites for hydroxylation is 2. The van der Waals surface area contributed by atoms with Gasteiger partial charge in [-0.3, -0.25) is 4.79 Å². The first-order chi connectivity index (χ1) is 15.5. The molecule has 0 aliphatic heterocycles. The number of ether oxygens (including phenoxy) is 2. The van der Waals surface area contributed by atoms with Crippen LogP contribution in [0.1, 0.15) is 45.2 Å². The SMILES string of the molecule is CCCN(C(=O)Oc1cccc(-c2c(OC)cc(C)c3[nH]c(=O)c(Cl)c(C)c23)c1)C(C)(C)C. The van der Waals surface area contributed by atoms with Gasteiger partial charge in [-0.15, -0.1) is 0 Å². The Labute approximate surface area is 199 Å². The van der Waals surface area contributed by atoms with Gasteiger partial charge in [-0.1, -0.05) is 30.7 Å². The molecule has 1 aromatic heterocycles. The van der Waals surface area contributed by atoms with Gasteiger partial charge >= 0.3 is 6.09 Å². The van der Waals surface area contributed by atoms with Crippen molar-refractivity contribution < 1.29 is 14.3 Å². The molecule has 176 valence electrons. The van der Waals surface area contributed by atoms with Crippen LogP contribution < -0.4 is 15.0 Å². The summed E-state index contributed by atoms with van der Waals surface area (Å²) in [6.45, 7) is 12.3. The van der Waals surface area contributed by atoms with Crippen LogP contribution in [0, 0.1) is 13.8 Å². The fourth-order valence-corrected chi connectivity index (χ4v) is 4.16. The van der Waals surface area contributed by atoms with Crippen LogP contribution in [0.2, 0.25) is 5.02 Å². The Morgan fingerprint density at radius 3 is 2.48 bits per heavy atom. The van der Waals surface area contributed by atoms with Gasteiger partial charge in [0.05, 0.1) is 12.6 Å². The summed E-state index contributed by atoms with van der Waals surface area (Å²) in [6, 6.07) is 9.17. The molecule has 3 aromatic rings. The molecule has 3 rings (SSSR count). The van der Waals surface area contributed by atoms with Crippen LogP contribution in [-0.4, -0.2) is 35.2 Å². The Morgan fingerprint density at radius 2 is 1.88 bits per heavy atom. The summed E-state index contributed by atoms with van der Waals surface area (Å²) in [5, 5.41) is 0.932. The molecule has 0 atom stereocenters. The van der Waals surface area contributed by atoms with E-state index in [1.807, 2.05) is 59.7 Å². The highest BCUT2D eigenvalue weighted by atomic mass is 35.5. The summed E-state index contributed by atoms with van der Waals surface area (Å²) in [6.07, 6.45) is 0.433. The Balaban J connectivity index is 2.16. The number of H-pyrrole nitrogens is 1. The smallest absolute Gasteiger partial charge is 0.415 e. The number of carbonyl (C=O) groups excluding carboxylic acids is 1. The molecule has 1 N–H and O–H groups in total. The van der Waals surface area contributed by atoms with Crippen LogP contribution in [-0.2, 0) is 0 Å². The van der Waals surface area contributed by atoms with E-state index in [1.54, 1.807) is 24.1 Å². The van der Waals surface area contributed by atoms with Gasteiger partial charge in [0.2, 0.25) is 0 Å². The number of halogens is 1. The third kappa shape index (κ3) is 4.86. The molecule has 6 nitrogen and oxygen atoms in total. The number of aromatic amines is 1. The van der Waals surface area contributed by atoms with Crippen LogP contribution in [0.25, 0.3) is 22.0 Å². The van der Waals surface area contributed by atoms with Crippen molar-refractivity contribution >= 4 is 28.6 Å². The first-order valence-corrected chi connectivity index (χ1v) is 11.4.